The Labute approximate surface area is 182 Å². The van der Waals surface area contributed by atoms with E-state index in [0.29, 0.717) is 36.1 Å². The van der Waals surface area contributed by atoms with Gasteiger partial charge < -0.3 is 10.1 Å². The molecule has 0 spiro atoms. The highest BCUT2D eigenvalue weighted by Crippen LogP contribution is 2.30. The van der Waals surface area contributed by atoms with E-state index in [1.807, 2.05) is 24.4 Å². The van der Waals surface area contributed by atoms with Crippen molar-refractivity contribution in [2.75, 3.05) is 20.3 Å². The largest absolute Gasteiger partial charge is 0.383 e. The first-order chi connectivity index (χ1) is 15.1. The summed E-state index contributed by atoms with van der Waals surface area (Å²) >= 11 is 1.49. The number of nitrogens with one attached hydrogen (secondary N) is 1. The number of benzene rings is 1. The van der Waals surface area contributed by atoms with E-state index in [2.05, 4.69) is 20.4 Å². The molecule has 4 rings (SSSR count). The van der Waals surface area contributed by atoms with E-state index in [0.717, 1.165) is 16.0 Å². The molecular formula is C22H20FN5O2S. The standard InChI is InChI=1S/C22H20FN5O2S/c1-14-12-25-22(27-19(14)15-5-7-16(23)8-6-15)28-20(18-4-3-11-31-18)17(13-26-28)21(29)24-9-10-30-2/h3-8,11-13H,9-10H2,1-2H3,(H,24,29). The second-order valence-corrected chi connectivity index (χ2v) is 7.70. The van der Waals surface area contributed by atoms with Crippen LogP contribution in [-0.4, -0.2) is 45.9 Å². The number of ether oxygens (including phenoxy) is 1. The van der Waals surface area contributed by atoms with Crippen molar-refractivity contribution in [3.8, 4) is 27.8 Å². The summed E-state index contributed by atoms with van der Waals surface area (Å²) in [6.45, 7) is 2.69. The molecule has 0 aliphatic carbocycles. The Morgan fingerprint density at radius 3 is 2.74 bits per heavy atom. The van der Waals surface area contributed by atoms with Crippen LogP contribution in [0.2, 0.25) is 0 Å². The quantitative estimate of drug-likeness (QED) is 0.444. The van der Waals surface area contributed by atoms with Gasteiger partial charge >= 0.3 is 0 Å². The number of aryl methyl sites for hydroxylation is 1. The molecule has 4 aromatic rings. The molecule has 1 aromatic carbocycles. The molecular weight excluding hydrogens is 417 g/mol. The number of methoxy groups -OCH3 is 1. The molecule has 31 heavy (non-hydrogen) atoms. The van der Waals surface area contributed by atoms with E-state index in [1.165, 1.54) is 29.7 Å². The predicted octanol–water partition coefficient (Wildman–Crippen LogP) is 3.88. The summed E-state index contributed by atoms with van der Waals surface area (Å²) in [5.74, 6) is -0.242. The number of thiophene rings is 1. The van der Waals surface area contributed by atoms with E-state index in [-0.39, 0.29) is 11.7 Å². The molecule has 0 bridgehead atoms. The molecule has 0 aliphatic heterocycles. The van der Waals surface area contributed by atoms with Crippen molar-refractivity contribution in [3.63, 3.8) is 0 Å². The highest BCUT2D eigenvalue weighted by atomic mass is 32.1. The first-order valence-corrected chi connectivity index (χ1v) is 10.5. The average Bonchev–Trinajstić information content (AvgIpc) is 3.45. The predicted molar refractivity (Wildman–Crippen MR) is 117 cm³/mol. The SMILES string of the molecule is COCCNC(=O)c1cnn(-c2ncc(C)c(-c3ccc(F)cc3)n2)c1-c1cccs1. The highest BCUT2D eigenvalue weighted by molar-refractivity contribution is 7.13. The number of rotatable bonds is 7. The van der Waals surface area contributed by atoms with Crippen molar-refractivity contribution < 1.29 is 13.9 Å². The topological polar surface area (TPSA) is 81.9 Å². The van der Waals surface area contributed by atoms with E-state index in [9.17, 15) is 9.18 Å². The molecule has 0 saturated carbocycles. The van der Waals surface area contributed by atoms with Crippen molar-refractivity contribution in [1.29, 1.82) is 0 Å². The Morgan fingerprint density at radius 2 is 2.03 bits per heavy atom. The van der Waals surface area contributed by atoms with Crippen LogP contribution in [0.25, 0.3) is 27.8 Å². The third-order valence-corrected chi connectivity index (χ3v) is 5.50. The number of carbonyl (C=O) groups excluding carboxylic acids is 1. The van der Waals surface area contributed by atoms with Crippen LogP contribution in [-0.2, 0) is 4.74 Å². The lowest BCUT2D eigenvalue weighted by atomic mass is 10.1. The van der Waals surface area contributed by atoms with Gasteiger partial charge in [-0.25, -0.2) is 14.4 Å². The summed E-state index contributed by atoms with van der Waals surface area (Å²) in [5, 5.41) is 9.18. The minimum atomic E-state index is -0.313. The fraction of sp³-hybridized carbons (Fsp3) is 0.182. The van der Waals surface area contributed by atoms with Gasteiger partial charge in [0.05, 0.1) is 28.9 Å². The molecule has 0 aliphatic rings. The van der Waals surface area contributed by atoms with Crippen molar-refractivity contribution in [2.45, 2.75) is 6.92 Å². The second kappa shape index (κ2) is 9.15. The second-order valence-electron chi connectivity index (χ2n) is 6.75. The molecule has 3 aromatic heterocycles. The maximum Gasteiger partial charge on any atom is 0.255 e. The van der Waals surface area contributed by atoms with Gasteiger partial charge in [-0.15, -0.1) is 11.3 Å². The molecule has 0 radical (unpaired) electrons. The van der Waals surface area contributed by atoms with Crippen LogP contribution < -0.4 is 5.32 Å². The lowest BCUT2D eigenvalue weighted by Gasteiger charge is -2.10. The van der Waals surface area contributed by atoms with Gasteiger partial charge in [0.2, 0.25) is 0 Å². The van der Waals surface area contributed by atoms with Crippen LogP contribution >= 0.6 is 11.3 Å². The van der Waals surface area contributed by atoms with Crippen LogP contribution in [0.5, 0.6) is 0 Å². The van der Waals surface area contributed by atoms with Gasteiger partial charge in [-0.05, 0) is 48.2 Å². The smallest absolute Gasteiger partial charge is 0.255 e. The summed E-state index contributed by atoms with van der Waals surface area (Å²) in [7, 11) is 1.58. The number of hydrogen-bond donors (Lipinski definition) is 1. The summed E-state index contributed by atoms with van der Waals surface area (Å²) in [6.07, 6.45) is 3.21. The van der Waals surface area contributed by atoms with Gasteiger partial charge in [0.1, 0.15) is 11.5 Å². The number of amides is 1. The van der Waals surface area contributed by atoms with Crippen LogP contribution in [0.3, 0.4) is 0 Å². The summed E-state index contributed by atoms with van der Waals surface area (Å²) in [6, 6.07) is 9.95. The molecule has 0 fully saturated rings. The van der Waals surface area contributed by atoms with Gasteiger partial charge in [0.25, 0.3) is 11.9 Å². The summed E-state index contributed by atoms with van der Waals surface area (Å²) in [4.78, 5) is 22.7. The minimum Gasteiger partial charge on any atom is -0.383 e. The summed E-state index contributed by atoms with van der Waals surface area (Å²) < 4.78 is 19.9. The molecule has 0 atom stereocenters. The van der Waals surface area contributed by atoms with E-state index >= 15 is 0 Å². The van der Waals surface area contributed by atoms with Crippen LogP contribution in [0.4, 0.5) is 4.39 Å². The summed E-state index contributed by atoms with van der Waals surface area (Å²) in [5.41, 5.74) is 3.32. The van der Waals surface area contributed by atoms with Gasteiger partial charge in [-0.2, -0.15) is 9.78 Å². The van der Waals surface area contributed by atoms with Crippen molar-refractivity contribution in [2.24, 2.45) is 0 Å². The van der Waals surface area contributed by atoms with E-state index in [4.69, 9.17) is 4.74 Å². The van der Waals surface area contributed by atoms with Crippen molar-refractivity contribution >= 4 is 17.2 Å². The lowest BCUT2D eigenvalue weighted by Crippen LogP contribution is -2.27. The Morgan fingerprint density at radius 1 is 1.23 bits per heavy atom. The monoisotopic (exact) mass is 437 g/mol. The zero-order valence-corrected chi connectivity index (χ0v) is 17.8. The van der Waals surface area contributed by atoms with Gasteiger partial charge in [-0.1, -0.05) is 6.07 Å². The van der Waals surface area contributed by atoms with Crippen LogP contribution in [0.15, 0.2) is 54.2 Å². The molecule has 3 heterocycles. The molecule has 7 nitrogen and oxygen atoms in total. The fourth-order valence-corrected chi connectivity index (χ4v) is 3.88. The number of carbonyl (C=O) groups is 1. The zero-order chi connectivity index (χ0) is 21.8. The van der Waals surface area contributed by atoms with Crippen LogP contribution in [0.1, 0.15) is 15.9 Å². The maximum absolute atomic E-state index is 13.4. The van der Waals surface area contributed by atoms with E-state index < -0.39 is 0 Å². The fourth-order valence-electron chi connectivity index (χ4n) is 3.11. The maximum atomic E-state index is 13.4. The van der Waals surface area contributed by atoms with Crippen LogP contribution in [0, 0.1) is 12.7 Å². The average molecular weight is 438 g/mol. The lowest BCUT2D eigenvalue weighted by molar-refractivity contribution is 0.0938. The van der Waals surface area contributed by atoms with Crippen molar-refractivity contribution in [3.05, 3.63) is 71.1 Å². The molecule has 158 valence electrons. The Bertz CT molecular complexity index is 1190. The number of aromatic nitrogens is 4. The Kier molecular flexibility index (Phi) is 6.15. The molecule has 1 amide bonds. The third-order valence-electron chi connectivity index (χ3n) is 4.63. The number of hydrogen-bond acceptors (Lipinski definition) is 6. The first kappa shape index (κ1) is 20.8. The third kappa shape index (κ3) is 4.37. The minimum absolute atomic E-state index is 0.252. The Balaban J connectivity index is 1.79. The molecule has 0 saturated heterocycles. The van der Waals surface area contributed by atoms with Crippen molar-refractivity contribution in [1.82, 2.24) is 25.1 Å². The number of halogens is 1. The number of nitrogens with zero attached hydrogens (tertiary/aromatic N) is 4. The van der Waals surface area contributed by atoms with Gasteiger partial charge in [-0.3, -0.25) is 4.79 Å². The normalized spacial score (nSPS) is 10.9. The molecule has 0 unspecified atom stereocenters. The zero-order valence-electron chi connectivity index (χ0n) is 17.0. The highest BCUT2D eigenvalue weighted by Gasteiger charge is 2.22. The van der Waals surface area contributed by atoms with Gasteiger partial charge in [0.15, 0.2) is 0 Å². The van der Waals surface area contributed by atoms with E-state index in [1.54, 1.807) is 30.1 Å². The Hall–Kier alpha value is -3.43. The first-order valence-electron chi connectivity index (χ1n) is 9.57. The van der Waals surface area contributed by atoms with Gasteiger partial charge in [0, 0.05) is 25.4 Å². The molecule has 9 heteroatoms. The molecule has 1 N–H and O–H groups in total.